The van der Waals surface area contributed by atoms with E-state index in [0.29, 0.717) is 6.54 Å². The Hall–Kier alpha value is -0.900. The van der Waals surface area contributed by atoms with Crippen LogP contribution in [-0.4, -0.2) is 43.4 Å². The third-order valence-electron chi connectivity index (χ3n) is 3.44. The van der Waals surface area contributed by atoms with Gasteiger partial charge in [-0.25, -0.2) is 0 Å². The molecule has 1 heterocycles. The molecule has 0 spiro atoms. The number of ether oxygens (including phenoxy) is 1. The number of rotatable bonds is 4. The van der Waals surface area contributed by atoms with Crippen molar-refractivity contribution in [3.8, 4) is 0 Å². The van der Waals surface area contributed by atoms with Crippen LogP contribution in [0.2, 0.25) is 0 Å². The number of ketones is 1. The Morgan fingerprint density at radius 2 is 2.06 bits per heavy atom. The second-order valence-corrected chi connectivity index (χ2v) is 5.56. The first-order chi connectivity index (χ1) is 7.86. The monoisotopic (exact) mass is 241 g/mol. The average Bonchev–Trinajstić information content (AvgIpc) is 2.27. The second kappa shape index (κ2) is 5.63. The van der Waals surface area contributed by atoms with Gasteiger partial charge in [-0.15, -0.1) is 0 Å². The lowest BCUT2D eigenvalue weighted by atomic mass is 9.89. The molecule has 1 atom stereocenters. The number of hydrogen-bond donors (Lipinski definition) is 0. The molecular formula is C13H23NO3. The molecule has 1 aliphatic heterocycles. The molecule has 0 aromatic rings. The van der Waals surface area contributed by atoms with Gasteiger partial charge < -0.3 is 9.64 Å². The van der Waals surface area contributed by atoms with Crippen LogP contribution in [0.1, 0.15) is 33.6 Å². The van der Waals surface area contributed by atoms with Gasteiger partial charge in [0.05, 0.1) is 12.5 Å². The van der Waals surface area contributed by atoms with Gasteiger partial charge in [0, 0.05) is 19.0 Å². The molecule has 1 saturated heterocycles. The molecule has 4 heteroatoms. The van der Waals surface area contributed by atoms with Gasteiger partial charge in [0.15, 0.2) is 0 Å². The van der Waals surface area contributed by atoms with Crippen LogP contribution in [0.3, 0.4) is 0 Å². The number of likely N-dealkylation sites (tertiary alicyclic amines) is 1. The second-order valence-electron chi connectivity index (χ2n) is 5.56. The summed E-state index contributed by atoms with van der Waals surface area (Å²) in [6.07, 6.45) is 2.01. The summed E-state index contributed by atoms with van der Waals surface area (Å²) in [5.74, 6) is 0.199. The number of hydrogen-bond acceptors (Lipinski definition) is 4. The zero-order chi connectivity index (χ0) is 13.1. The molecule has 0 aliphatic carbocycles. The fourth-order valence-electron chi connectivity index (χ4n) is 2.43. The van der Waals surface area contributed by atoms with E-state index in [9.17, 15) is 9.59 Å². The SMILES string of the molecule is COC(=O)C(C)(C)CN1CCCC(C(C)=O)C1. The topological polar surface area (TPSA) is 46.6 Å². The lowest BCUT2D eigenvalue weighted by molar-refractivity contribution is -0.152. The van der Waals surface area contributed by atoms with Gasteiger partial charge in [-0.05, 0) is 40.2 Å². The summed E-state index contributed by atoms with van der Waals surface area (Å²) in [7, 11) is 1.42. The highest BCUT2D eigenvalue weighted by molar-refractivity contribution is 5.78. The third kappa shape index (κ3) is 3.80. The number of piperidine rings is 1. The molecule has 0 saturated carbocycles. The molecule has 1 unspecified atom stereocenters. The number of Topliss-reactive ketones (excluding diaryl/α,β-unsaturated/α-hetero) is 1. The van der Waals surface area contributed by atoms with Crippen LogP contribution in [-0.2, 0) is 14.3 Å². The Morgan fingerprint density at radius 3 is 2.59 bits per heavy atom. The summed E-state index contributed by atoms with van der Waals surface area (Å²) >= 11 is 0. The zero-order valence-electron chi connectivity index (χ0n) is 11.3. The maximum absolute atomic E-state index is 11.6. The number of methoxy groups -OCH3 is 1. The molecule has 0 aromatic carbocycles. The highest BCUT2D eigenvalue weighted by Crippen LogP contribution is 2.24. The van der Waals surface area contributed by atoms with E-state index in [-0.39, 0.29) is 17.7 Å². The Morgan fingerprint density at radius 1 is 1.41 bits per heavy atom. The number of carbonyl (C=O) groups excluding carboxylic acids is 2. The van der Waals surface area contributed by atoms with Crippen molar-refractivity contribution < 1.29 is 14.3 Å². The van der Waals surface area contributed by atoms with Crippen LogP contribution < -0.4 is 0 Å². The minimum absolute atomic E-state index is 0.136. The summed E-state index contributed by atoms with van der Waals surface area (Å²) in [4.78, 5) is 25.2. The Balaban J connectivity index is 2.56. The molecule has 1 rings (SSSR count). The Kier molecular flexibility index (Phi) is 4.69. The molecule has 4 nitrogen and oxygen atoms in total. The van der Waals surface area contributed by atoms with Crippen LogP contribution in [0.25, 0.3) is 0 Å². The first-order valence-corrected chi connectivity index (χ1v) is 6.18. The van der Waals surface area contributed by atoms with Gasteiger partial charge >= 0.3 is 5.97 Å². The molecule has 1 aliphatic rings. The fourth-order valence-corrected chi connectivity index (χ4v) is 2.43. The van der Waals surface area contributed by atoms with Crippen LogP contribution in [0.15, 0.2) is 0 Å². The van der Waals surface area contributed by atoms with Gasteiger partial charge in [-0.2, -0.15) is 0 Å². The van der Waals surface area contributed by atoms with Gasteiger partial charge in [0.1, 0.15) is 5.78 Å². The van der Waals surface area contributed by atoms with E-state index in [1.165, 1.54) is 7.11 Å². The predicted molar refractivity (Wildman–Crippen MR) is 65.6 cm³/mol. The predicted octanol–water partition coefficient (Wildman–Crippen LogP) is 1.49. The van der Waals surface area contributed by atoms with Gasteiger partial charge in [-0.3, -0.25) is 9.59 Å². The first-order valence-electron chi connectivity index (χ1n) is 6.18. The maximum Gasteiger partial charge on any atom is 0.312 e. The summed E-state index contributed by atoms with van der Waals surface area (Å²) in [6, 6.07) is 0. The van der Waals surface area contributed by atoms with Crippen molar-refractivity contribution in [1.82, 2.24) is 4.90 Å². The van der Waals surface area contributed by atoms with E-state index < -0.39 is 5.41 Å². The molecule has 0 amide bonds. The molecule has 0 N–H and O–H groups in total. The Labute approximate surface area is 103 Å². The van der Waals surface area contributed by atoms with Crippen molar-refractivity contribution >= 4 is 11.8 Å². The van der Waals surface area contributed by atoms with E-state index >= 15 is 0 Å². The summed E-state index contributed by atoms with van der Waals surface area (Å²) in [5.41, 5.74) is -0.507. The van der Waals surface area contributed by atoms with Crippen LogP contribution in [0, 0.1) is 11.3 Å². The quantitative estimate of drug-likeness (QED) is 0.700. The molecule has 1 fully saturated rings. The van der Waals surface area contributed by atoms with E-state index in [2.05, 4.69) is 4.90 Å². The molecule has 98 valence electrons. The summed E-state index contributed by atoms with van der Waals surface area (Å²) < 4.78 is 4.80. The van der Waals surface area contributed by atoms with Crippen molar-refractivity contribution in [1.29, 1.82) is 0 Å². The van der Waals surface area contributed by atoms with Crippen LogP contribution in [0.4, 0.5) is 0 Å². The highest BCUT2D eigenvalue weighted by Gasteiger charge is 2.33. The van der Waals surface area contributed by atoms with Crippen molar-refractivity contribution in [2.75, 3.05) is 26.7 Å². The summed E-state index contributed by atoms with van der Waals surface area (Å²) in [6.45, 7) is 7.81. The van der Waals surface area contributed by atoms with Gasteiger partial charge in [0.25, 0.3) is 0 Å². The van der Waals surface area contributed by atoms with E-state index in [1.807, 2.05) is 13.8 Å². The van der Waals surface area contributed by atoms with Gasteiger partial charge in [-0.1, -0.05) is 0 Å². The van der Waals surface area contributed by atoms with Crippen LogP contribution >= 0.6 is 0 Å². The minimum Gasteiger partial charge on any atom is -0.469 e. The average molecular weight is 241 g/mol. The summed E-state index contributed by atoms with van der Waals surface area (Å²) in [5, 5.41) is 0. The first kappa shape index (κ1) is 14.2. The highest BCUT2D eigenvalue weighted by atomic mass is 16.5. The zero-order valence-corrected chi connectivity index (χ0v) is 11.3. The smallest absolute Gasteiger partial charge is 0.312 e. The van der Waals surface area contributed by atoms with Crippen molar-refractivity contribution in [3.05, 3.63) is 0 Å². The molecule has 0 aromatic heterocycles. The largest absolute Gasteiger partial charge is 0.469 e. The van der Waals surface area contributed by atoms with E-state index in [4.69, 9.17) is 4.74 Å². The third-order valence-corrected chi connectivity index (χ3v) is 3.44. The van der Waals surface area contributed by atoms with E-state index in [1.54, 1.807) is 6.92 Å². The molecule has 17 heavy (non-hydrogen) atoms. The van der Waals surface area contributed by atoms with E-state index in [0.717, 1.165) is 25.9 Å². The normalized spacial score (nSPS) is 22.2. The number of nitrogens with zero attached hydrogens (tertiary/aromatic N) is 1. The number of carbonyl (C=O) groups is 2. The lowest BCUT2D eigenvalue weighted by Gasteiger charge is -2.36. The van der Waals surface area contributed by atoms with Crippen LogP contribution in [0.5, 0.6) is 0 Å². The molecular weight excluding hydrogens is 218 g/mol. The standard InChI is InChI=1S/C13H23NO3/c1-10(15)11-6-5-7-14(8-11)9-13(2,3)12(16)17-4/h11H,5-9H2,1-4H3. The van der Waals surface area contributed by atoms with Crippen molar-refractivity contribution in [2.24, 2.45) is 11.3 Å². The van der Waals surface area contributed by atoms with Gasteiger partial charge in [0.2, 0.25) is 0 Å². The fraction of sp³-hybridized carbons (Fsp3) is 0.846. The Bertz CT molecular complexity index is 299. The van der Waals surface area contributed by atoms with Crippen molar-refractivity contribution in [3.63, 3.8) is 0 Å². The molecule has 0 bridgehead atoms. The number of esters is 1. The lowest BCUT2D eigenvalue weighted by Crippen LogP contribution is -2.45. The minimum atomic E-state index is -0.507. The van der Waals surface area contributed by atoms with Crippen molar-refractivity contribution in [2.45, 2.75) is 33.6 Å². The maximum atomic E-state index is 11.6. The molecule has 0 radical (unpaired) electrons.